The van der Waals surface area contributed by atoms with Crippen LogP contribution in [0.5, 0.6) is 0 Å². The zero-order chi connectivity index (χ0) is 24.1. The summed E-state index contributed by atoms with van der Waals surface area (Å²) < 4.78 is 37.7. The highest BCUT2D eigenvalue weighted by atomic mass is 35.5. The van der Waals surface area contributed by atoms with Crippen LogP contribution >= 0.6 is 11.6 Å². The Kier molecular flexibility index (Phi) is 5.61. The average Bonchev–Trinajstić information content (AvgIpc) is 3.25. The van der Waals surface area contributed by atoms with E-state index in [9.17, 15) is 9.18 Å². The number of aryl methyl sites for hydroxylation is 1. The molecule has 0 spiro atoms. The highest BCUT2D eigenvalue weighted by molar-refractivity contribution is 6.32. The summed E-state index contributed by atoms with van der Waals surface area (Å²) in [6.45, 7) is 5.82. The second-order valence-electron chi connectivity index (χ2n) is 8.62. The van der Waals surface area contributed by atoms with Gasteiger partial charge in [0, 0.05) is 36.0 Å². The number of pyridine rings is 1. The molecule has 0 saturated heterocycles. The first-order valence-corrected chi connectivity index (χ1v) is 10.4. The highest BCUT2D eigenvalue weighted by Crippen LogP contribution is 2.41. The van der Waals surface area contributed by atoms with Crippen molar-refractivity contribution in [2.75, 3.05) is 12.4 Å². The van der Waals surface area contributed by atoms with Crippen molar-refractivity contribution in [2.45, 2.75) is 26.3 Å². The first-order valence-electron chi connectivity index (χ1n) is 10.1. The first-order chi connectivity index (χ1) is 15.5. The third kappa shape index (κ3) is 4.16. The van der Waals surface area contributed by atoms with Crippen LogP contribution in [0, 0.1) is 11.6 Å². The lowest BCUT2D eigenvalue weighted by Gasteiger charge is -2.23. The number of imidazole rings is 2. The number of rotatable bonds is 4. The molecule has 0 saturated carbocycles. The van der Waals surface area contributed by atoms with Gasteiger partial charge in [0.05, 0.1) is 19.0 Å². The molecule has 1 N–H and O–H groups in total. The minimum Gasteiger partial charge on any atom is -0.465 e. The zero-order valence-electron chi connectivity index (χ0n) is 18.7. The van der Waals surface area contributed by atoms with Crippen LogP contribution in [-0.4, -0.2) is 37.6 Å². The molecule has 0 aliphatic heterocycles. The molecular formula is C23H22ClF2N5O2. The predicted molar refractivity (Wildman–Crippen MR) is 122 cm³/mol. The number of esters is 1. The van der Waals surface area contributed by atoms with Crippen LogP contribution in [0.1, 0.15) is 31.1 Å². The van der Waals surface area contributed by atoms with Gasteiger partial charge >= 0.3 is 5.97 Å². The smallest absolute Gasteiger partial charge is 0.338 e. The van der Waals surface area contributed by atoms with Gasteiger partial charge in [-0.1, -0.05) is 11.6 Å². The molecule has 7 nitrogen and oxygen atoms in total. The van der Waals surface area contributed by atoms with Gasteiger partial charge in [-0.05, 0) is 39.0 Å². The molecule has 0 fully saturated rings. The Balaban J connectivity index is 2.06. The second-order valence-corrected chi connectivity index (χ2v) is 8.98. The van der Waals surface area contributed by atoms with Crippen LogP contribution in [0.15, 0.2) is 36.8 Å². The van der Waals surface area contributed by atoms with E-state index < -0.39 is 23.1 Å². The molecule has 10 heteroatoms. The van der Waals surface area contributed by atoms with E-state index in [1.54, 1.807) is 28.3 Å². The number of benzene rings is 1. The largest absolute Gasteiger partial charge is 0.465 e. The van der Waals surface area contributed by atoms with Crippen molar-refractivity contribution in [3.05, 3.63) is 59.1 Å². The molecule has 0 radical (unpaired) electrons. The lowest BCUT2D eigenvalue weighted by molar-refractivity contribution is 0.0600. The van der Waals surface area contributed by atoms with Gasteiger partial charge in [0.1, 0.15) is 39.6 Å². The summed E-state index contributed by atoms with van der Waals surface area (Å²) in [5, 5.41) is 3.56. The van der Waals surface area contributed by atoms with E-state index in [0.29, 0.717) is 11.5 Å². The molecule has 4 rings (SSSR count). The minimum atomic E-state index is -0.819. The Morgan fingerprint density at radius 1 is 1.18 bits per heavy atom. The number of nitrogens with one attached hydrogen (secondary N) is 1. The number of hydrogen-bond acceptors (Lipinski definition) is 5. The normalized spacial score (nSPS) is 11.8. The Labute approximate surface area is 194 Å². The molecule has 1 aromatic carbocycles. The second kappa shape index (κ2) is 8.15. The molecular weight excluding hydrogens is 452 g/mol. The molecule has 172 valence electrons. The Morgan fingerprint density at radius 2 is 1.91 bits per heavy atom. The van der Waals surface area contributed by atoms with Crippen molar-refractivity contribution in [1.82, 2.24) is 18.9 Å². The molecule has 0 amide bonds. The number of carbonyl (C=O) groups excluding carboxylic acids is 1. The Bertz CT molecular complexity index is 1390. The maximum absolute atomic E-state index is 15.4. The molecule has 3 aromatic heterocycles. The summed E-state index contributed by atoms with van der Waals surface area (Å²) in [4.78, 5) is 20.9. The summed E-state index contributed by atoms with van der Waals surface area (Å²) in [6.07, 6.45) is 3.10. The van der Waals surface area contributed by atoms with Crippen molar-refractivity contribution in [3.63, 3.8) is 0 Å². The molecule has 33 heavy (non-hydrogen) atoms. The summed E-state index contributed by atoms with van der Waals surface area (Å²) in [6, 6.07) is 5.09. The molecule has 0 unspecified atom stereocenters. The summed E-state index contributed by atoms with van der Waals surface area (Å²) in [7, 11) is 2.97. The van der Waals surface area contributed by atoms with E-state index in [4.69, 9.17) is 16.3 Å². The van der Waals surface area contributed by atoms with Crippen molar-refractivity contribution < 1.29 is 18.3 Å². The van der Waals surface area contributed by atoms with E-state index in [0.717, 1.165) is 6.07 Å². The van der Waals surface area contributed by atoms with Crippen molar-refractivity contribution in [1.29, 1.82) is 0 Å². The van der Waals surface area contributed by atoms with Crippen LogP contribution in [0.25, 0.3) is 28.2 Å². The maximum atomic E-state index is 15.4. The van der Waals surface area contributed by atoms with Crippen molar-refractivity contribution in [2.24, 2.45) is 7.05 Å². The van der Waals surface area contributed by atoms with E-state index in [2.05, 4.69) is 15.3 Å². The van der Waals surface area contributed by atoms with Crippen LogP contribution in [0.2, 0.25) is 5.15 Å². The highest BCUT2D eigenvalue weighted by Gasteiger charge is 2.27. The van der Waals surface area contributed by atoms with Gasteiger partial charge in [0.25, 0.3) is 0 Å². The number of aromatic nitrogens is 4. The fourth-order valence-electron chi connectivity index (χ4n) is 3.54. The third-order valence-corrected chi connectivity index (χ3v) is 5.40. The molecule has 0 bridgehead atoms. The average molecular weight is 474 g/mol. The third-order valence-electron chi connectivity index (χ3n) is 4.95. The lowest BCUT2D eigenvalue weighted by atomic mass is 10.00. The molecule has 0 atom stereocenters. The number of nitrogens with zero attached hydrogens (tertiary/aromatic N) is 4. The molecule has 0 aliphatic carbocycles. The SMILES string of the molecule is COC(=O)c1ccn2c(NC(C)(C)C)c(-c3c(F)cc(F)cc3-c3ncn(C)c3Cl)nc2c1. The van der Waals surface area contributed by atoms with Gasteiger partial charge in [-0.2, -0.15) is 0 Å². The van der Waals surface area contributed by atoms with Crippen LogP contribution in [-0.2, 0) is 11.8 Å². The van der Waals surface area contributed by atoms with Gasteiger partial charge in [0.2, 0.25) is 0 Å². The number of halogens is 3. The van der Waals surface area contributed by atoms with Crippen molar-refractivity contribution in [3.8, 4) is 22.5 Å². The summed E-state index contributed by atoms with van der Waals surface area (Å²) >= 11 is 6.37. The van der Waals surface area contributed by atoms with Crippen LogP contribution < -0.4 is 5.32 Å². The fourth-order valence-corrected chi connectivity index (χ4v) is 3.73. The number of anilines is 1. The zero-order valence-corrected chi connectivity index (χ0v) is 19.5. The monoisotopic (exact) mass is 473 g/mol. The van der Waals surface area contributed by atoms with Crippen LogP contribution in [0.4, 0.5) is 14.6 Å². The van der Waals surface area contributed by atoms with E-state index >= 15 is 4.39 Å². The standard InChI is InChI=1S/C23H22ClF2N5O2/c1-23(2,3)29-21-19(28-16-8-12(22(32)33-5)6-7-31(16)21)17-14(9-13(25)10-15(17)26)18-20(24)30(4)11-27-18/h6-11,29H,1-5H3. The summed E-state index contributed by atoms with van der Waals surface area (Å²) in [5.41, 5.74) is 0.879. The molecule has 4 aromatic rings. The number of hydrogen-bond donors (Lipinski definition) is 1. The van der Waals surface area contributed by atoms with E-state index in [1.165, 1.54) is 25.6 Å². The summed E-state index contributed by atoms with van der Waals surface area (Å²) in [5.74, 6) is -1.65. The van der Waals surface area contributed by atoms with Gasteiger partial charge in [-0.15, -0.1) is 0 Å². The fraction of sp³-hybridized carbons (Fsp3) is 0.261. The first kappa shape index (κ1) is 22.7. The van der Waals surface area contributed by atoms with Gasteiger partial charge in [-0.3, -0.25) is 4.40 Å². The minimum absolute atomic E-state index is 0.0343. The number of ether oxygens (including phenoxy) is 1. The van der Waals surface area contributed by atoms with Gasteiger partial charge in [-0.25, -0.2) is 23.5 Å². The Hall–Kier alpha value is -3.46. The van der Waals surface area contributed by atoms with E-state index in [1.807, 2.05) is 20.8 Å². The topological polar surface area (TPSA) is 73.5 Å². The van der Waals surface area contributed by atoms with E-state index in [-0.39, 0.29) is 33.2 Å². The molecule has 0 aliphatic rings. The van der Waals surface area contributed by atoms with Gasteiger partial charge < -0.3 is 14.6 Å². The lowest BCUT2D eigenvalue weighted by Crippen LogP contribution is -2.27. The number of fused-ring (bicyclic) bond motifs is 1. The Morgan fingerprint density at radius 3 is 2.52 bits per heavy atom. The van der Waals surface area contributed by atoms with Crippen molar-refractivity contribution >= 4 is 29.0 Å². The predicted octanol–water partition coefficient (Wildman–Crippen LogP) is 5.33. The quantitative estimate of drug-likeness (QED) is 0.405. The van der Waals surface area contributed by atoms with Crippen LogP contribution in [0.3, 0.4) is 0 Å². The molecule has 3 heterocycles. The number of carbonyl (C=O) groups is 1. The number of methoxy groups -OCH3 is 1. The van der Waals surface area contributed by atoms with Gasteiger partial charge in [0.15, 0.2) is 0 Å². The maximum Gasteiger partial charge on any atom is 0.338 e.